The fraction of sp³-hybridized carbons (Fsp3) is 0.500. The molecular weight excluding hydrogens is 199 g/mol. The zero-order valence-corrected chi connectivity index (χ0v) is 9.02. The van der Waals surface area contributed by atoms with Crippen molar-refractivity contribution in [2.75, 3.05) is 0 Å². The molecule has 2 rings (SSSR count). The van der Waals surface area contributed by atoms with E-state index in [9.17, 15) is 4.39 Å². The van der Waals surface area contributed by atoms with Gasteiger partial charge < -0.3 is 0 Å². The molecule has 0 heterocycles. The fourth-order valence-electron chi connectivity index (χ4n) is 1.88. The highest BCUT2D eigenvalue weighted by Gasteiger charge is 2.46. The quantitative estimate of drug-likeness (QED) is 0.669. The van der Waals surface area contributed by atoms with Crippen molar-refractivity contribution < 1.29 is 4.39 Å². The van der Waals surface area contributed by atoms with E-state index in [4.69, 9.17) is 11.6 Å². The molecule has 1 saturated carbocycles. The number of hydrogen-bond donors (Lipinski definition) is 0. The van der Waals surface area contributed by atoms with Gasteiger partial charge in [-0.1, -0.05) is 12.1 Å². The Labute approximate surface area is 89.1 Å². The summed E-state index contributed by atoms with van der Waals surface area (Å²) in [5, 5.41) is 0.215. The number of alkyl halides is 1. The lowest BCUT2D eigenvalue weighted by Gasteiger charge is -2.17. The molecule has 76 valence electrons. The van der Waals surface area contributed by atoms with E-state index in [-0.39, 0.29) is 11.2 Å². The summed E-state index contributed by atoms with van der Waals surface area (Å²) in [4.78, 5) is 0. The van der Waals surface area contributed by atoms with Gasteiger partial charge in [-0.2, -0.15) is 0 Å². The Morgan fingerprint density at radius 2 is 1.93 bits per heavy atom. The van der Waals surface area contributed by atoms with E-state index in [0.29, 0.717) is 5.41 Å². The van der Waals surface area contributed by atoms with Crippen LogP contribution < -0.4 is 0 Å². The average molecular weight is 213 g/mol. The normalized spacial score (nSPS) is 20.5. The van der Waals surface area contributed by atoms with Gasteiger partial charge in [0.25, 0.3) is 0 Å². The van der Waals surface area contributed by atoms with Crippen molar-refractivity contribution in [3.63, 3.8) is 0 Å². The van der Waals surface area contributed by atoms with Crippen LogP contribution in [0.2, 0.25) is 0 Å². The highest BCUT2D eigenvalue weighted by molar-refractivity contribution is 6.21. The summed E-state index contributed by atoms with van der Waals surface area (Å²) in [6.45, 7) is 2.05. The van der Waals surface area contributed by atoms with Crippen molar-refractivity contribution in [3.05, 3.63) is 35.6 Å². The molecule has 1 fully saturated rings. The van der Waals surface area contributed by atoms with Crippen molar-refractivity contribution in [2.24, 2.45) is 5.41 Å². The van der Waals surface area contributed by atoms with Crippen LogP contribution in [0.4, 0.5) is 4.39 Å². The second-order valence-electron chi connectivity index (χ2n) is 4.28. The van der Waals surface area contributed by atoms with Crippen LogP contribution in [-0.2, 0) is 6.42 Å². The monoisotopic (exact) mass is 212 g/mol. The summed E-state index contributed by atoms with van der Waals surface area (Å²) in [7, 11) is 0. The molecule has 1 aromatic rings. The molecule has 0 amide bonds. The molecule has 0 bridgehead atoms. The van der Waals surface area contributed by atoms with E-state index in [1.807, 2.05) is 12.1 Å². The van der Waals surface area contributed by atoms with Crippen LogP contribution in [0.15, 0.2) is 24.3 Å². The third-order valence-electron chi connectivity index (χ3n) is 3.21. The molecule has 1 unspecified atom stereocenters. The lowest BCUT2D eigenvalue weighted by atomic mass is 9.93. The van der Waals surface area contributed by atoms with Gasteiger partial charge in [-0.25, -0.2) is 4.39 Å². The van der Waals surface area contributed by atoms with Crippen LogP contribution in [0.3, 0.4) is 0 Å². The van der Waals surface area contributed by atoms with Crippen LogP contribution in [0.5, 0.6) is 0 Å². The number of benzene rings is 1. The van der Waals surface area contributed by atoms with Crippen molar-refractivity contribution in [1.82, 2.24) is 0 Å². The smallest absolute Gasteiger partial charge is 0.123 e. The van der Waals surface area contributed by atoms with E-state index >= 15 is 0 Å². The number of halogens is 2. The Morgan fingerprint density at radius 1 is 1.36 bits per heavy atom. The zero-order chi connectivity index (χ0) is 10.2. The van der Waals surface area contributed by atoms with Crippen molar-refractivity contribution in [3.8, 4) is 0 Å². The predicted molar refractivity (Wildman–Crippen MR) is 57.1 cm³/mol. The van der Waals surface area contributed by atoms with Gasteiger partial charge in [-0.15, -0.1) is 11.6 Å². The Balaban J connectivity index is 2.08. The summed E-state index contributed by atoms with van der Waals surface area (Å²) in [6, 6.07) is 6.75. The molecule has 1 aliphatic rings. The topological polar surface area (TPSA) is 0 Å². The Kier molecular flexibility index (Phi) is 2.52. The molecule has 0 nitrogen and oxygen atoms in total. The molecule has 0 N–H and O–H groups in total. The highest BCUT2D eigenvalue weighted by Crippen LogP contribution is 2.53. The molecule has 0 spiro atoms. The van der Waals surface area contributed by atoms with Gasteiger partial charge >= 0.3 is 0 Å². The first-order chi connectivity index (χ1) is 6.62. The number of rotatable bonds is 3. The highest BCUT2D eigenvalue weighted by atomic mass is 35.5. The van der Waals surface area contributed by atoms with Gasteiger partial charge in [-0.05, 0) is 49.3 Å². The minimum atomic E-state index is -0.169. The summed E-state index contributed by atoms with van der Waals surface area (Å²) in [5.74, 6) is -0.169. The van der Waals surface area contributed by atoms with E-state index < -0.39 is 0 Å². The summed E-state index contributed by atoms with van der Waals surface area (Å²) in [6.07, 6.45) is 3.39. The second-order valence-corrected chi connectivity index (χ2v) is 4.94. The Hall–Kier alpha value is -0.560. The van der Waals surface area contributed by atoms with Crippen LogP contribution in [0.25, 0.3) is 0 Å². The van der Waals surface area contributed by atoms with E-state index in [2.05, 4.69) is 6.92 Å². The predicted octanol–water partition coefficient (Wildman–Crippen LogP) is 3.78. The molecule has 0 radical (unpaired) electrons. The third-order valence-corrected chi connectivity index (χ3v) is 3.67. The maximum absolute atomic E-state index is 12.7. The van der Waals surface area contributed by atoms with Crippen LogP contribution >= 0.6 is 11.6 Å². The molecule has 1 atom stereocenters. The Morgan fingerprint density at radius 3 is 2.36 bits per heavy atom. The number of hydrogen-bond acceptors (Lipinski definition) is 0. The molecule has 1 aromatic carbocycles. The van der Waals surface area contributed by atoms with Gasteiger partial charge in [0.15, 0.2) is 0 Å². The molecule has 14 heavy (non-hydrogen) atoms. The average Bonchev–Trinajstić information content (AvgIpc) is 2.90. The SMILES string of the molecule is CC(Cl)C1(Cc2ccc(F)cc2)CC1. The first-order valence-corrected chi connectivity index (χ1v) is 5.45. The minimum absolute atomic E-state index is 0.169. The van der Waals surface area contributed by atoms with Gasteiger partial charge in [0.05, 0.1) is 0 Å². The molecular formula is C12H14ClF. The first kappa shape index (κ1) is 9.97. The van der Waals surface area contributed by atoms with Crippen molar-refractivity contribution in [2.45, 2.75) is 31.6 Å². The summed E-state index contributed by atoms with van der Waals surface area (Å²) >= 11 is 6.14. The molecule has 0 saturated heterocycles. The molecule has 0 aliphatic heterocycles. The van der Waals surface area contributed by atoms with Crippen molar-refractivity contribution >= 4 is 11.6 Å². The fourth-order valence-corrected chi connectivity index (χ4v) is 2.18. The third kappa shape index (κ3) is 1.93. The summed E-state index contributed by atoms with van der Waals surface area (Å²) < 4.78 is 12.7. The van der Waals surface area contributed by atoms with Crippen LogP contribution in [0.1, 0.15) is 25.3 Å². The standard InChI is InChI=1S/C12H14ClF/c1-9(13)12(6-7-12)8-10-2-4-11(14)5-3-10/h2-5,9H,6-8H2,1H3. The van der Waals surface area contributed by atoms with E-state index in [1.165, 1.54) is 30.5 Å². The maximum Gasteiger partial charge on any atom is 0.123 e. The lowest BCUT2D eigenvalue weighted by Crippen LogP contribution is -2.15. The zero-order valence-electron chi connectivity index (χ0n) is 8.26. The molecule has 1 aliphatic carbocycles. The largest absolute Gasteiger partial charge is 0.207 e. The van der Waals surface area contributed by atoms with Gasteiger partial charge in [0, 0.05) is 5.38 Å². The Bertz CT molecular complexity index is 312. The first-order valence-electron chi connectivity index (χ1n) is 5.01. The minimum Gasteiger partial charge on any atom is -0.207 e. The van der Waals surface area contributed by atoms with Gasteiger partial charge in [0.2, 0.25) is 0 Å². The van der Waals surface area contributed by atoms with Gasteiger partial charge in [0.1, 0.15) is 5.82 Å². The van der Waals surface area contributed by atoms with E-state index in [1.54, 1.807) is 0 Å². The molecule has 0 aromatic heterocycles. The van der Waals surface area contributed by atoms with Crippen LogP contribution in [0, 0.1) is 11.2 Å². The van der Waals surface area contributed by atoms with Crippen molar-refractivity contribution in [1.29, 1.82) is 0 Å². The maximum atomic E-state index is 12.7. The molecule has 2 heteroatoms. The van der Waals surface area contributed by atoms with Crippen LogP contribution in [-0.4, -0.2) is 5.38 Å². The lowest BCUT2D eigenvalue weighted by molar-refractivity contribution is 0.496. The second kappa shape index (κ2) is 3.54. The summed E-state index contributed by atoms with van der Waals surface area (Å²) in [5.41, 5.74) is 1.48. The van der Waals surface area contributed by atoms with Gasteiger partial charge in [-0.3, -0.25) is 0 Å². The van der Waals surface area contributed by atoms with E-state index in [0.717, 1.165) is 6.42 Å².